The zero-order valence-corrected chi connectivity index (χ0v) is 25.3. The molecule has 14 heteroatoms. The molecule has 1 fully saturated rings. The monoisotopic (exact) mass is 632 g/mol. The van der Waals surface area contributed by atoms with Gasteiger partial charge in [-0.05, 0) is 66.1 Å². The summed E-state index contributed by atoms with van der Waals surface area (Å²) < 4.78 is 41.9. The third kappa shape index (κ3) is 6.71. The molecule has 46 heavy (non-hydrogen) atoms. The number of aromatic nitrogens is 4. The lowest BCUT2D eigenvalue weighted by Crippen LogP contribution is -2.46. The number of carbonyl (C=O) groups is 2. The molecule has 2 atom stereocenters. The van der Waals surface area contributed by atoms with Crippen LogP contribution in [0.15, 0.2) is 60.7 Å². The van der Waals surface area contributed by atoms with Crippen LogP contribution in [0.4, 0.5) is 10.1 Å². The topological polar surface area (TPSA) is 139 Å². The molecule has 0 saturated carbocycles. The van der Waals surface area contributed by atoms with Crippen LogP contribution >= 0.6 is 0 Å². The second kappa shape index (κ2) is 13.8. The number of rotatable bonds is 11. The Morgan fingerprint density at radius 1 is 1.00 bits per heavy atom. The number of amides is 2. The predicted molar refractivity (Wildman–Crippen MR) is 162 cm³/mol. The van der Waals surface area contributed by atoms with Crippen molar-refractivity contribution in [3.05, 3.63) is 72.0 Å². The molecule has 4 aromatic rings. The van der Waals surface area contributed by atoms with Crippen LogP contribution in [-0.4, -0.2) is 78.7 Å². The van der Waals surface area contributed by atoms with Crippen LogP contribution in [0.25, 0.3) is 11.4 Å². The molecular formula is C32H33FN6O7. The van der Waals surface area contributed by atoms with Crippen molar-refractivity contribution in [3.8, 4) is 34.4 Å². The van der Waals surface area contributed by atoms with Gasteiger partial charge < -0.3 is 29.0 Å². The van der Waals surface area contributed by atoms with Gasteiger partial charge in [0.15, 0.2) is 23.0 Å². The number of carbonyl (C=O) groups excluding carboxylic acids is 2. The smallest absolute Gasteiger partial charge is 0.251 e. The van der Waals surface area contributed by atoms with Crippen molar-refractivity contribution in [2.24, 2.45) is 0 Å². The van der Waals surface area contributed by atoms with Crippen molar-refractivity contribution >= 4 is 17.5 Å². The van der Waals surface area contributed by atoms with Gasteiger partial charge in [-0.3, -0.25) is 14.5 Å². The fourth-order valence-electron chi connectivity index (χ4n) is 5.40. The van der Waals surface area contributed by atoms with Gasteiger partial charge in [0, 0.05) is 30.5 Å². The third-order valence-electron chi connectivity index (χ3n) is 7.66. The van der Waals surface area contributed by atoms with E-state index in [1.165, 1.54) is 43.4 Å². The van der Waals surface area contributed by atoms with Gasteiger partial charge in [-0.15, -0.1) is 10.2 Å². The van der Waals surface area contributed by atoms with Gasteiger partial charge in [-0.1, -0.05) is 12.1 Å². The minimum atomic E-state index is -1.19. The molecule has 2 aliphatic heterocycles. The third-order valence-corrected chi connectivity index (χ3v) is 7.66. The summed E-state index contributed by atoms with van der Waals surface area (Å²) in [4.78, 5) is 30.7. The molecule has 0 unspecified atom stereocenters. The van der Waals surface area contributed by atoms with Crippen molar-refractivity contribution in [3.63, 3.8) is 0 Å². The zero-order chi connectivity index (χ0) is 32.0. The van der Waals surface area contributed by atoms with Crippen molar-refractivity contribution in [2.75, 3.05) is 45.5 Å². The van der Waals surface area contributed by atoms with E-state index in [1.54, 1.807) is 36.4 Å². The summed E-state index contributed by atoms with van der Waals surface area (Å²) in [5.74, 6) is 0.729. The fraction of sp³-hybridized carbons (Fsp3) is 0.344. The quantitative estimate of drug-likeness (QED) is 0.262. The maximum Gasteiger partial charge on any atom is 0.251 e. The molecule has 0 aliphatic carbocycles. The number of hydrogen-bond acceptors (Lipinski definition) is 10. The van der Waals surface area contributed by atoms with Crippen molar-refractivity contribution in [2.45, 2.75) is 31.5 Å². The molecule has 0 spiro atoms. The van der Waals surface area contributed by atoms with Crippen LogP contribution in [0.1, 0.15) is 24.4 Å². The van der Waals surface area contributed by atoms with Crippen molar-refractivity contribution in [1.82, 2.24) is 25.5 Å². The van der Waals surface area contributed by atoms with E-state index in [4.69, 9.17) is 23.7 Å². The first-order chi connectivity index (χ1) is 22.4. The average Bonchev–Trinajstić information content (AvgIpc) is 3.79. The number of benzene rings is 3. The molecule has 2 amide bonds. The Kier molecular flexibility index (Phi) is 9.24. The second-order valence-corrected chi connectivity index (χ2v) is 10.6. The van der Waals surface area contributed by atoms with Gasteiger partial charge >= 0.3 is 0 Å². The van der Waals surface area contributed by atoms with E-state index < -0.39 is 23.7 Å². The standard InChI is InChI=1S/C32H33FN6O7/c1-42-25-11-7-21(16-27(25)43-2)31-35-37-38(36-31)19-29(40)39(23-10-12-26-28(17-23)46-15-14-45-26)30(20-5-8-22(33)9-6-20)32(41)34-18-24-4-3-13-44-24/h5-12,16-17,24,30H,3-4,13-15,18-19H2,1-2H3,(H,34,41)/t24-,30+/m1/s1. The van der Waals surface area contributed by atoms with Gasteiger partial charge in [0.1, 0.15) is 31.6 Å². The SMILES string of the molecule is COc1ccc(-c2nnn(CC(=O)N(c3ccc4c(c3)OCCO4)[C@H](C(=O)NC[C@H]3CCCO3)c3ccc(F)cc3)n2)cc1OC. The van der Waals surface area contributed by atoms with E-state index in [9.17, 15) is 14.0 Å². The van der Waals surface area contributed by atoms with E-state index in [1.807, 2.05) is 0 Å². The molecule has 1 saturated heterocycles. The minimum Gasteiger partial charge on any atom is -0.493 e. The Morgan fingerprint density at radius 2 is 1.78 bits per heavy atom. The normalized spacial score (nSPS) is 16.0. The van der Waals surface area contributed by atoms with E-state index in [2.05, 4.69) is 20.7 Å². The Balaban J connectivity index is 1.35. The highest BCUT2D eigenvalue weighted by atomic mass is 19.1. The van der Waals surface area contributed by atoms with Crippen LogP contribution in [0, 0.1) is 5.82 Å². The van der Waals surface area contributed by atoms with E-state index in [-0.39, 0.29) is 25.0 Å². The molecule has 0 bridgehead atoms. The molecule has 0 radical (unpaired) electrons. The van der Waals surface area contributed by atoms with Crippen LogP contribution in [0.5, 0.6) is 23.0 Å². The van der Waals surface area contributed by atoms with Crippen LogP contribution < -0.4 is 29.2 Å². The van der Waals surface area contributed by atoms with E-state index in [0.717, 1.165) is 17.6 Å². The highest BCUT2D eigenvalue weighted by Crippen LogP contribution is 2.37. The number of nitrogens with zero attached hydrogens (tertiary/aromatic N) is 5. The molecule has 6 rings (SSSR count). The first-order valence-corrected chi connectivity index (χ1v) is 14.8. The van der Waals surface area contributed by atoms with E-state index >= 15 is 0 Å². The van der Waals surface area contributed by atoms with Gasteiger partial charge in [0.2, 0.25) is 11.7 Å². The lowest BCUT2D eigenvalue weighted by Gasteiger charge is -2.32. The van der Waals surface area contributed by atoms with Crippen molar-refractivity contribution < 1.29 is 37.7 Å². The highest BCUT2D eigenvalue weighted by molar-refractivity contribution is 6.01. The number of ether oxygens (including phenoxy) is 5. The number of nitrogens with one attached hydrogen (secondary N) is 1. The molecule has 1 N–H and O–H groups in total. The molecule has 1 aromatic heterocycles. The van der Waals surface area contributed by atoms with Crippen LogP contribution in [0.2, 0.25) is 0 Å². The summed E-state index contributed by atoms with van der Waals surface area (Å²) in [6, 6.07) is 14.4. The summed E-state index contributed by atoms with van der Waals surface area (Å²) in [6.07, 6.45) is 1.58. The molecule has 3 aromatic carbocycles. The summed E-state index contributed by atoms with van der Waals surface area (Å²) in [5, 5.41) is 15.6. The molecule has 2 aliphatic rings. The number of anilines is 1. The Labute approximate surface area is 264 Å². The van der Waals surface area contributed by atoms with Gasteiger partial charge in [0.25, 0.3) is 5.91 Å². The Hall–Kier alpha value is -5.24. The largest absolute Gasteiger partial charge is 0.493 e. The first kappa shape index (κ1) is 30.8. The zero-order valence-electron chi connectivity index (χ0n) is 25.3. The van der Waals surface area contributed by atoms with E-state index in [0.29, 0.717) is 59.6 Å². The predicted octanol–water partition coefficient (Wildman–Crippen LogP) is 3.34. The fourth-order valence-corrected chi connectivity index (χ4v) is 5.40. The summed E-state index contributed by atoms with van der Waals surface area (Å²) in [7, 11) is 3.05. The van der Waals surface area contributed by atoms with Crippen LogP contribution in [-0.2, 0) is 20.9 Å². The molecular weight excluding hydrogens is 599 g/mol. The first-order valence-electron chi connectivity index (χ1n) is 14.8. The summed E-state index contributed by atoms with van der Waals surface area (Å²) >= 11 is 0. The van der Waals surface area contributed by atoms with Crippen LogP contribution in [0.3, 0.4) is 0 Å². The number of halogens is 1. The lowest BCUT2D eigenvalue weighted by molar-refractivity contribution is -0.127. The number of fused-ring (bicyclic) bond motifs is 1. The maximum absolute atomic E-state index is 14.3. The van der Waals surface area contributed by atoms with Crippen molar-refractivity contribution in [1.29, 1.82) is 0 Å². The molecule has 13 nitrogen and oxygen atoms in total. The summed E-state index contributed by atoms with van der Waals surface area (Å²) in [5.41, 5.74) is 1.35. The Morgan fingerprint density at radius 3 is 2.52 bits per heavy atom. The number of tetrazole rings is 1. The summed E-state index contributed by atoms with van der Waals surface area (Å²) in [6.45, 7) is 1.24. The maximum atomic E-state index is 14.3. The van der Waals surface area contributed by atoms with Gasteiger partial charge in [-0.2, -0.15) is 4.80 Å². The minimum absolute atomic E-state index is 0.134. The lowest BCUT2D eigenvalue weighted by atomic mass is 10.0. The van der Waals surface area contributed by atoms with Gasteiger partial charge in [0.05, 0.1) is 20.3 Å². The number of hydrogen-bond donors (Lipinski definition) is 1. The average molecular weight is 633 g/mol. The number of methoxy groups -OCH3 is 2. The molecule has 240 valence electrons. The second-order valence-electron chi connectivity index (χ2n) is 10.6. The van der Waals surface area contributed by atoms with Gasteiger partial charge in [-0.25, -0.2) is 4.39 Å². The highest BCUT2D eigenvalue weighted by Gasteiger charge is 2.35. The Bertz CT molecular complexity index is 1690. The molecule has 3 heterocycles.